The first-order valence-corrected chi connectivity index (χ1v) is 9.46. The number of aliphatic imine (C=N–C) groups is 1. The molecule has 0 aromatic rings. The van der Waals surface area contributed by atoms with Crippen molar-refractivity contribution in [1.29, 1.82) is 0 Å². The molecule has 0 aromatic heterocycles. The van der Waals surface area contributed by atoms with Gasteiger partial charge in [0.25, 0.3) is 0 Å². The average molecular weight is 506 g/mol. The van der Waals surface area contributed by atoms with Gasteiger partial charge in [-0.15, -0.1) is 24.0 Å². The molecule has 160 valence electrons. The number of hydrogen-bond donors (Lipinski definition) is 2. The van der Waals surface area contributed by atoms with E-state index in [-0.39, 0.29) is 41.5 Å². The summed E-state index contributed by atoms with van der Waals surface area (Å²) in [5.41, 5.74) is 0.0767. The zero-order valence-corrected chi connectivity index (χ0v) is 19.1. The number of guanidine groups is 1. The van der Waals surface area contributed by atoms with Crippen LogP contribution in [0.2, 0.25) is 0 Å². The standard InChI is InChI=1S/C18H33F3N4O.HI/c1-17(2,3)15-13(6-5-9-26-15)10-23-16(22-4)24-14-7-8-25(11-14)12-18(19,20)21;/h13-15H,5-12H2,1-4H3,(H2,22,23,24);1H. The summed E-state index contributed by atoms with van der Waals surface area (Å²) in [6, 6.07) is -0.00966. The third-order valence-corrected chi connectivity index (χ3v) is 5.07. The fraction of sp³-hybridized carbons (Fsp3) is 0.944. The van der Waals surface area contributed by atoms with E-state index in [0.29, 0.717) is 31.4 Å². The molecule has 2 N–H and O–H groups in total. The highest BCUT2D eigenvalue weighted by atomic mass is 127. The molecule has 2 aliphatic rings. The molecule has 2 aliphatic heterocycles. The topological polar surface area (TPSA) is 48.9 Å². The maximum atomic E-state index is 12.5. The molecule has 2 heterocycles. The second-order valence-electron chi connectivity index (χ2n) is 8.49. The van der Waals surface area contributed by atoms with Gasteiger partial charge < -0.3 is 15.4 Å². The van der Waals surface area contributed by atoms with Gasteiger partial charge in [-0.05, 0) is 24.7 Å². The Morgan fingerprint density at radius 3 is 2.52 bits per heavy atom. The lowest BCUT2D eigenvalue weighted by atomic mass is 9.78. The van der Waals surface area contributed by atoms with Crippen LogP contribution in [0.5, 0.6) is 0 Å². The number of alkyl halides is 3. The Bertz CT molecular complexity index is 482. The Morgan fingerprint density at radius 1 is 1.22 bits per heavy atom. The maximum Gasteiger partial charge on any atom is 0.401 e. The molecule has 0 aliphatic carbocycles. The average Bonchev–Trinajstić information content (AvgIpc) is 2.95. The highest BCUT2D eigenvalue weighted by Crippen LogP contribution is 2.33. The van der Waals surface area contributed by atoms with Crippen molar-refractivity contribution in [2.45, 2.75) is 58.4 Å². The molecule has 2 saturated heterocycles. The van der Waals surface area contributed by atoms with Crippen LogP contribution in [0.25, 0.3) is 0 Å². The normalized spacial score (nSPS) is 28.0. The van der Waals surface area contributed by atoms with Crippen LogP contribution in [-0.4, -0.2) is 69.0 Å². The summed E-state index contributed by atoms with van der Waals surface area (Å²) in [6.45, 7) is 8.13. The van der Waals surface area contributed by atoms with E-state index in [1.165, 1.54) is 4.90 Å². The highest BCUT2D eigenvalue weighted by Gasteiger charge is 2.36. The van der Waals surface area contributed by atoms with Crippen molar-refractivity contribution in [2.75, 3.05) is 39.8 Å². The number of nitrogens with one attached hydrogen (secondary N) is 2. The zero-order chi connectivity index (χ0) is 19.4. The van der Waals surface area contributed by atoms with Crippen molar-refractivity contribution in [1.82, 2.24) is 15.5 Å². The molecule has 0 spiro atoms. The molecule has 0 amide bonds. The zero-order valence-electron chi connectivity index (χ0n) is 16.7. The van der Waals surface area contributed by atoms with Crippen LogP contribution in [0.1, 0.15) is 40.0 Å². The van der Waals surface area contributed by atoms with E-state index in [2.05, 4.69) is 36.4 Å². The molecule has 9 heteroatoms. The lowest BCUT2D eigenvalue weighted by molar-refractivity contribution is -0.143. The Hall–Kier alpha value is -0.290. The Morgan fingerprint density at radius 2 is 1.93 bits per heavy atom. The van der Waals surface area contributed by atoms with Crippen LogP contribution < -0.4 is 10.6 Å². The largest absolute Gasteiger partial charge is 0.401 e. The van der Waals surface area contributed by atoms with E-state index < -0.39 is 12.7 Å². The van der Waals surface area contributed by atoms with E-state index in [9.17, 15) is 13.2 Å². The Kier molecular flexibility index (Phi) is 9.60. The first kappa shape index (κ1) is 24.7. The monoisotopic (exact) mass is 506 g/mol. The quantitative estimate of drug-likeness (QED) is 0.349. The van der Waals surface area contributed by atoms with Crippen LogP contribution >= 0.6 is 24.0 Å². The number of halogens is 4. The first-order chi connectivity index (χ1) is 12.1. The predicted octanol–water partition coefficient (Wildman–Crippen LogP) is 3.25. The third kappa shape index (κ3) is 8.31. The van der Waals surface area contributed by atoms with Gasteiger partial charge in [-0.2, -0.15) is 13.2 Å². The molecule has 0 radical (unpaired) electrons. The number of rotatable bonds is 4. The smallest absolute Gasteiger partial charge is 0.377 e. The Balaban J connectivity index is 0.00000364. The summed E-state index contributed by atoms with van der Waals surface area (Å²) in [5, 5.41) is 6.61. The summed E-state index contributed by atoms with van der Waals surface area (Å²) in [7, 11) is 1.69. The molecule has 27 heavy (non-hydrogen) atoms. The molecule has 3 atom stereocenters. The minimum absolute atomic E-state index is 0. The lowest BCUT2D eigenvalue weighted by Gasteiger charge is -2.40. The number of ether oxygens (including phenoxy) is 1. The third-order valence-electron chi connectivity index (χ3n) is 5.07. The van der Waals surface area contributed by atoms with Gasteiger partial charge in [-0.25, -0.2) is 0 Å². The molecule has 0 saturated carbocycles. The first-order valence-electron chi connectivity index (χ1n) is 9.46. The SMILES string of the molecule is CN=C(NCC1CCCOC1C(C)(C)C)NC1CCN(CC(F)(F)F)C1.I. The summed E-state index contributed by atoms with van der Waals surface area (Å²) in [5.74, 6) is 1.05. The van der Waals surface area contributed by atoms with Crippen LogP contribution in [0, 0.1) is 11.3 Å². The van der Waals surface area contributed by atoms with Crippen molar-refractivity contribution in [3.63, 3.8) is 0 Å². The van der Waals surface area contributed by atoms with Gasteiger partial charge >= 0.3 is 6.18 Å². The summed E-state index contributed by atoms with van der Waals surface area (Å²) >= 11 is 0. The van der Waals surface area contributed by atoms with Gasteiger partial charge in [-0.1, -0.05) is 20.8 Å². The van der Waals surface area contributed by atoms with Crippen molar-refractivity contribution < 1.29 is 17.9 Å². The summed E-state index contributed by atoms with van der Waals surface area (Å²) < 4.78 is 43.5. The Labute approximate surface area is 177 Å². The van der Waals surface area contributed by atoms with Gasteiger partial charge in [0, 0.05) is 45.2 Å². The van der Waals surface area contributed by atoms with E-state index in [0.717, 1.165) is 26.0 Å². The molecule has 0 aromatic carbocycles. The van der Waals surface area contributed by atoms with Crippen LogP contribution in [-0.2, 0) is 4.74 Å². The molecular weight excluding hydrogens is 472 g/mol. The van der Waals surface area contributed by atoms with Crippen molar-refractivity contribution >= 4 is 29.9 Å². The van der Waals surface area contributed by atoms with Crippen molar-refractivity contribution in [3.8, 4) is 0 Å². The minimum atomic E-state index is -4.14. The molecular formula is C18H34F3IN4O. The van der Waals surface area contributed by atoms with Gasteiger partial charge in [0.1, 0.15) is 0 Å². The summed E-state index contributed by atoms with van der Waals surface area (Å²) in [4.78, 5) is 5.68. The fourth-order valence-corrected chi connectivity index (χ4v) is 3.97. The fourth-order valence-electron chi connectivity index (χ4n) is 3.97. The second kappa shape index (κ2) is 10.5. The van der Waals surface area contributed by atoms with Crippen LogP contribution in [0.15, 0.2) is 4.99 Å². The molecule has 5 nitrogen and oxygen atoms in total. The molecule has 3 unspecified atom stereocenters. The van der Waals surface area contributed by atoms with Crippen LogP contribution in [0.3, 0.4) is 0 Å². The van der Waals surface area contributed by atoms with E-state index >= 15 is 0 Å². The van der Waals surface area contributed by atoms with Gasteiger partial charge in [0.05, 0.1) is 12.6 Å². The maximum absolute atomic E-state index is 12.5. The van der Waals surface area contributed by atoms with Crippen molar-refractivity contribution in [3.05, 3.63) is 0 Å². The van der Waals surface area contributed by atoms with Gasteiger partial charge in [0.2, 0.25) is 0 Å². The molecule has 2 fully saturated rings. The summed E-state index contributed by atoms with van der Waals surface area (Å²) in [6.07, 6.45) is -1.10. The van der Waals surface area contributed by atoms with Crippen molar-refractivity contribution in [2.24, 2.45) is 16.3 Å². The van der Waals surface area contributed by atoms with Gasteiger partial charge in [-0.3, -0.25) is 9.89 Å². The molecule has 2 rings (SSSR count). The predicted molar refractivity (Wildman–Crippen MR) is 113 cm³/mol. The number of hydrogen-bond acceptors (Lipinski definition) is 3. The van der Waals surface area contributed by atoms with Crippen LogP contribution in [0.4, 0.5) is 13.2 Å². The number of likely N-dealkylation sites (tertiary alicyclic amines) is 1. The van der Waals surface area contributed by atoms with E-state index in [1.54, 1.807) is 7.05 Å². The highest BCUT2D eigenvalue weighted by molar-refractivity contribution is 14.0. The second-order valence-corrected chi connectivity index (χ2v) is 8.49. The number of nitrogens with zero attached hydrogens (tertiary/aromatic N) is 2. The minimum Gasteiger partial charge on any atom is -0.377 e. The lowest BCUT2D eigenvalue weighted by Crippen LogP contribution is -2.49. The van der Waals surface area contributed by atoms with E-state index in [1.807, 2.05) is 0 Å². The van der Waals surface area contributed by atoms with Gasteiger partial charge in [0.15, 0.2) is 5.96 Å². The molecule has 0 bridgehead atoms. The van der Waals surface area contributed by atoms with E-state index in [4.69, 9.17) is 4.74 Å².